The Morgan fingerprint density at radius 3 is 2.71 bits per heavy atom. The minimum Gasteiger partial charge on any atom is -0.497 e. The maximum atomic E-state index is 5.91. The number of nitrogens with zero attached hydrogens (tertiary/aromatic N) is 4. The molecule has 0 radical (unpaired) electrons. The first kappa shape index (κ1) is 22.9. The Hall–Kier alpha value is -2.88. The molecule has 7 nitrogen and oxygen atoms in total. The Kier molecular flexibility index (Phi) is 7.13. The first-order chi connectivity index (χ1) is 16.7. The molecule has 0 aliphatic carbocycles. The van der Waals surface area contributed by atoms with E-state index in [-0.39, 0.29) is 6.10 Å². The fourth-order valence-electron chi connectivity index (χ4n) is 3.84. The van der Waals surface area contributed by atoms with E-state index in [4.69, 9.17) is 14.5 Å². The van der Waals surface area contributed by atoms with Gasteiger partial charge in [-0.05, 0) is 56.2 Å². The van der Waals surface area contributed by atoms with Crippen molar-refractivity contribution in [3.63, 3.8) is 0 Å². The molecule has 5 rings (SSSR count). The van der Waals surface area contributed by atoms with Gasteiger partial charge in [0.2, 0.25) is 0 Å². The first-order valence-electron chi connectivity index (χ1n) is 11.3. The summed E-state index contributed by atoms with van der Waals surface area (Å²) in [7, 11) is 1.67. The van der Waals surface area contributed by atoms with Crippen LogP contribution in [0.4, 0.5) is 10.8 Å². The summed E-state index contributed by atoms with van der Waals surface area (Å²) >= 11 is 3.26. The van der Waals surface area contributed by atoms with E-state index >= 15 is 0 Å². The molecule has 4 aromatic rings. The van der Waals surface area contributed by atoms with Crippen molar-refractivity contribution in [2.75, 3.05) is 19.0 Å². The second kappa shape index (κ2) is 10.6. The van der Waals surface area contributed by atoms with Crippen molar-refractivity contribution in [1.29, 1.82) is 0 Å². The third kappa shape index (κ3) is 5.43. The van der Waals surface area contributed by atoms with E-state index in [9.17, 15) is 0 Å². The zero-order valence-electron chi connectivity index (χ0n) is 19.2. The van der Waals surface area contributed by atoms with Crippen molar-refractivity contribution in [2.45, 2.75) is 43.3 Å². The number of benzene rings is 2. The predicted octanol–water partition coefficient (Wildman–Crippen LogP) is 5.93. The lowest BCUT2D eigenvalue weighted by Gasteiger charge is -2.14. The molecule has 2 aromatic carbocycles. The molecule has 1 aliphatic rings. The van der Waals surface area contributed by atoms with Gasteiger partial charge in [0, 0.05) is 29.0 Å². The second-order valence-corrected chi connectivity index (χ2v) is 10.0. The van der Waals surface area contributed by atoms with Crippen LogP contribution in [0.5, 0.6) is 5.75 Å². The van der Waals surface area contributed by atoms with Crippen LogP contribution in [0.15, 0.2) is 59.1 Å². The lowest BCUT2D eigenvalue weighted by molar-refractivity contribution is 0.0953. The van der Waals surface area contributed by atoms with Crippen molar-refractivity contribution in [3.05, 3.63) is 65.2 Å². The molecule has 1 atom stereocenters. The SMILES string of the molecule is COc1ccc(-c2nnc(SCc3csc(Nc4ccc(C)cc4)n3)n2C[C@@H]2CCCO2)cc1. The molecule has 2 aromatic heterocycles. The number of nitrogens with one attached hydrogen (secondary N) is 1. The van der Waals surface area contributed by atoms with Crippen LogP contribution < -0.4 is 10.1 Å². The Morgan fingerprint density at radius 2 is 1.97 bits per heavy atom. The average molecular weight is 494 g/mol. The fraction of sp³-hybridized carbons (Fsp3) is 0.320. The van der Waals surface area contributed by atoms with Gasteiger partial charge in [0.1, 0.15) is 5.75 Å². The number of aryl methyl sites for hydroxylation is 1. The smallest absolute Gasteiger partial charge is 0.191 e. The molecule has 9 heteroatoms. The van der Waals surface area contributed by atoms with Gasteiger partial charge in [0.05, 0.1) is 25.5 Å². The minimum absolute atomic E-state index is 0.192. The molecular formula is C25H27N5O2S2. The van der Waals surface area contributed by atoms with Gasteiger partial charge in [-0.3, -0.25) is 4.57 Å². The minimum atomic E-state index is 0.192. The van der Waals surface area contributed by atoms with Crippen LogP contribution in [0.3, 0.4) is 0 Å². The van der Waals surface area contributed by atoms with Crippen molar-refractivity contribution < 1.29 is 9.47 Å². The van der Waals surface area contributed by atoms with E-state index in [0.717, 1.165) is 70.6 Å². The zero-order chi connectivity index (χ0) is 23.3. The van der Waals surface area contributed by atoms with Crippen LogP contribution in [0.2, 0.25) is 0 Å². The third-order valence-electron chi connectivity index (χ3n) is 5.68. The lowest BCUT2D eigenvalue weighted by atomic mass is 10.2. The number of rotatable bonds is 9. The number of ether oxygens (including phenoxy) is 2. The van der Waals surface area contributed by atoms with Crippen LogP contribution in [-0.2, 0) is 17.0 Å². The van der Waals surface area contributed by atoms with Crippen LogP contribution in [0, 0.1) is 6.92 Å². The van der Waals surface area contributed by atoms with E-state index in [1.165, 1.54) is 5.56 Å². The van der Waals surface area contributed by atoms with Crippen molar-refractivity contribution >= 4 is 33.9 Å². The largest absolute Gasteiger partial charge is 0.497 e. The maximum Gasteiger partial charge on any atom is 0.191 e. The van der Waals surface area contributed by atoms with Crippen molar-refractivity contribution in [2.24, 2.45) is 0 Å². The molecule has 0 unspecified atom stereocenters. The quantitative estimate of drug-likeness (QED) is 0.290. The molecule has 1 N–H and O–H groups in total. The molecular weight excluding hydrogens is 466 g/mol. The number of thioether (sulfide) groups is 1. The number of thiazole rings is 1. The molecule has 0 bridgehead atoms. The number of methoxy groups -OCH3 is 1. The summed E-state index contributed by atoms with van der Waals surface area (Å²) < 4.78 is 13.4. The number of aromatic nitrogens is 4. The Morgan fingerprint density at radius 1 is 1.15 bits per heavy atom. The summed E-state index contributed by atoms with van der Waals surface area (Å²) in [6, 6.07) is 16.3. The molecule has 1 saturated heterocycles. The lowest BCUT2D eigenvalue weighted by Crippen LogP contribution is -2.16. The Bertz CT molecular complexity index is 1220. The Balaban J connectivity index is 1.31. The van der Waals surface area contributed by atoms with E-state index in [0.29, 0.717) is 0 Å². The highest BCUT2D eigenvalue weighted by atomic mass is 32.2. The summed E-state index contributed by atoms with van der Waals surface area (Å²) in [5, 5.41) is 16.3. The highest BCUT2D eigenvalue weighted by Crippen LogP contribution is 2.30. The molecule has 176 valence electrons. The van der Waals surface area contributed by atoms with Gasteiger partial charge in [-0.15, -0.1) is 21.5 Å². The summed E-state index contributed by atoms with van der Waals surface area (Å²) in [6.07, 6.45) is 2.35. The van der Waals surface area contributed by atoms with Gasteiger partial charge in [0.15, 0.2) is 16.1 Å². The van der Waals surface area contributed by atoms with Crippen LogP contribution in [0.1, 0.15) is 24.1 Å². The summed E-state index contributed by atoms with van der Waals surface area (Å²) in [5.41, 5.74) is 4.31. The molecule has 1 fully saturated rings. The molecule has 0 saturated carbocycles. The molecule has 34 heavy (non-hydrogen) atoms. The summed E-state index contributed by atoms with van der Waals surface area (Å²) in [6.45, 7) is 3.65. The molecule has 1 aliphatic heterocycles. The van der Waals surface area contributed by atoms with Crippen LogP contribution >= 0.6 is 23.1 Å². The number of hydrogen-bond donors (Lipinski definition) is 1. The third-order valence-corrected chi connectivity index (χ3v) is 7.49. The topological polar surface area (TPSA) is 74.1 Å². The zero-order valence-corrected chi connectivity index (χ0v) is 20.9. The average Bonchev–Trinajstić information content (AvgIpc) is 3.62. The summed E-state index contributed by atoms with van der Waals surface area (Å²) in [5.74, 6) is 2.39. The standard InChI is InChI=1S/C25H27N5O2S2/c1-17-5-9-19(10-6-17)26-24-27-20(15-33-24)16-34-25-29-28-23(18-7-11-21(31-2)12-8-18)30(25)14-22-4-3-13-32-22/h5-12,15,22H,3-4,13-14,16H2,1-2H3,(H,26,27)/t22-/m0/s1. The first-order valence-corrected chi connectivity index (χ1v) is 13.1. The van der Waals surface area contributed by atoms with E-state index < -0.39 is 0 Å². The van der Waals surface area contributed by atoms with Gasteiger partial charge in [-0.1, -0.05) is 29.5 Å². The fourth-order valence-corrected chi connectivity index (χ4v) is 5.51. The normalized spacial score (nSPS) is 15.5. The van der Waals surface area contributed by atoms with E-state index in [1.54, 1.807) is 30.2 Å². The van der Waals surface area contributed by atoms with Crippen molar-refractivity contribution in [1.82, 2.24) is 19.7 Å². The number of anilines is 2. The predicted molar refractivity (Wildman–Crippen MR) is 137 cm³/mol. The molecule has 3 heterocycles. The monoisotopic (exact) mass is 493 g/mol. The Labute approximate surface area is 207 Å². The van der Waals surface area contributed by atoms with Crippen LogP contribution in [-0.4, -0.2) is 39.6 Å². The van der Waals surface area contributed by atoms with Gasteiger partial charge in [0.25, 0.3) is 0 Å². The van der Waals surface area contributed by atoms with Crippen LogP contribution in [0.25, 0.3) is 11.4 Å². The van der Waals surface area contributed by atoms with E-state index in [1.807, 2.05) is 24.3 Å². The summed E-state index contributed by atoms with van der Waals surface area (Å²) in [4.78, 5) is 4.75. The highest BCUT2D eigenvalue weighted by molar-refractivity contribution is 7.98. The number of hydrogen-bond acceptors (Lipinski definition) is 8. The van der Waals surface area contributed by atoms with E-state index in [2.05, 4.69) is 56.7 Å². The highest BCUT2D eigenvalue weighted by Gasteiger charge is 2.22. The van der Waals surface area contributed by atoms with Gasteiger partial charge in [-0.25, -0.2) is 4.98 Å². The second-order valence-electron chi connectivity index (χ2n) is 8.20. The molecule has 0 amide bonds. The molecule has 0 spiro atoms. The van der Waals surface area contributed by atoms with Gasteiger partial charge in [-0.2, -0.15) is 0 Å². The van der Waals surface area contributed by atoms with Gasteiger partial charge < -0.3 is 14.8 Å². The van der Waals surface area contributed by atoms with Gasteiger partial charge >= 0.3 is 0 Å². The maximum absolute atomic E-state index is 5.91. The van der Waals surface area contributed by atoms with Crippen molar-refractivity contribution in [3.8, 4) is 17.1 Å².